The van der Waals surface area contributed by atoms with E-state index in [4.69, 9.17) is 0 Å². The van der Waals surface area contributed by atoms with Crippen molar-refractivity contribution in [3.8, 4) is 0 Å². The van der Waals surface area contributed by atoms with Gasteiger partial charge in [0.1, 0.15) is 12.1 Å². The van der Waals surface area contributed by atoms with Crippen molar-refractivity contribution in [3.63, 3.8) is 0 Å². The zero-order valence-corrected chi connectivity index (χ0v) is 19.2. The number of urea groups is 1. The molecule has 0 spiro atoms. The summed E-state index contributed by atoms with van der Waals surface area (Å²) in [6, 6.07) is 13.2. The fourth-order valence-corrected chi connectivity index (χ4v) is 3.86. The number of nitrogens with zero attached hydrogens (tertiary/aromatic N) is 2. The van der Waals surface area contributed by atoms with Gasteiger partial charge in [-0.1, -0.05) is 61.9 Å². The molecule has 0 saturated carbocycles. The van der Waals surface area contributed by atoms with Crippen molar-refractivity contribution in [2.24, 2.45) is 0 Å². The maximum absolute atomic E-state index is 13.1. The third-order valence-electron chi connectivity index (χ3n) is 6.05. The van der Waals surface area contributed by atoms with E-state index >= 15 is 0 Å². The molecule has 1 aliphatic rings. The summed E-state index contributed by atoms with van der Waals surface area (Å²) in [5.74, 6) is -0.330. The molecule has 0 aliphatic carbocycles. The van der Waals surface area contributed by atoms with Crippen LogP contribution in [0.2, 0.25) is 0 Å². The Morgan fingerprint density at radius 2 is 1.74 bits per heavy atom. The molecule has 0 bridgehead atoms. The quantitative estimate of drug-likeness (QED) is 0.720. The average molecular weight is 422 g/mol. The van der Waals surface area contributed by atoms with Gasteiger partial charge in [0, 0.05) is 13.6 Å². The van der Waals surface area contributed by atoms with Crippen molar-refractivity contribution in [2.75, 3.05) is 13.6 Å². The van der Waals surface area contributed by atoms with Crippen LogP contribution in [0.3, 0.4) is 0 Å². The summed E-state index contributed by atoms with van der Waals surface area (Å²) >= 11 is 0. The van der Waals surface area contributed by atoms with Crippen molar-refractivity contribution in [1.82, 2.24) is 15.1 Å². The first-order valence-corrected chi connectivity index (χ1v) is 10.6. The van der Waals surface area contributed by atoms with Crippen LogP contribution < -0.4 is 5.32 Å². The highest BCUT2D eigenvalue weighted by Crippen LogP contribution is 2.30. The first kappa shape index (κ1) is 22.5. The third-order valence-corrected chi connectivity index (χ3v) is 6.05. The molecule has 4 amide bonds. The van der Waals surface area contributed by atoms with Crippen LogP contribution in [-0.4, -0.2) is 41.2 Å². The highest BCUT2D eigenvalue weighted by molar-refractivity contribution is 6.09. The molecule has 1 aliphatic heterocycles. The van der Waals surface area contributed by atoms with Crippen LogP contribution in [0.15, 0.2) is 42.5 Å². The standard InChI is InChI=1S/C25H31N3O3/c1-16(2)19-9-11-21(12-10-19)25(5)23(30)28(24(31)26-25)15-22(29)27(6)14-20-8-7-17(3)13-18(20)4/h7-13,16H,14-15H2,1-6H3,(H,26,31)/t25-/m1/s1. The lowest BCUT2D eigenvalue weighted by Gasteiger charge is -2.24. The number of benzene rings is 2. The van der Waals surface area contributed by atoms with Crippen molar-refractivity contribution in [2.45, 2.75) is 52.6 Å². The van der Waals surface area contributed by atoms with E-state index < -0.39 is 17.5 Å². The zero-order chi connectivity index (χ0) is 22.9. The number of imide groups is 1. The van der Waals surface area contributed by atoms with Gasteiger partial charge >= 0.3 is 6.03 Å². The van der Waals surface area contributed by atoms with Crippen LogP contribution in [0.5, 0.6) is 0 Å². The molecular weight excluding hydrogens is 390 g/mol. The Balaban J connectivity index is 1.72. The predicted octanol–water partition coefficient (Wildman–Crippen LogP) is 3.85. The highest BCUT2D eigenvalue weighted by atomic mass is 16.2. The second-order valence-corrected chi connectivity index (χ2v) is 8.90. The Labute approximate surface area is 184 Å². The Morgan fingerprint density at radius 1 is 1.10 bits per heavy atom. The molecule has 31 heavy (non-hydrogen) atoms. The summed E-state index contributed by atoms with van der Waals surface area (Å²) in [4.78, 5) is 41.1. The normalized spacial score (nSPS) is 18.5. The molecule has 0 aromatic heterocycles. The average Bonchev–Trinajstić information content (AvgIpc) is 2.94. The van der Waals surface area contributed by atoms with E-state index in [9.17, 15) is 14.4 Å². The van der Waals surface area contributed by atoms with E-state index in [0.29, 0.717) is 18.0 Å². The van der Waals surface area contributed by atoms with Crippen molar-refractivity contribution in [1.29, 1.82) is 0 Å². The minimum atomic E-state index is -1.18. The van der Waals surface area contributed by atoms with Gasteiger partial charge in [0.05, 0.1) is 0 Å². The third kappa shape index (κ3) is 4.48. The number of hydrogen-bond acceptors (Lipinski definition) is 3. The number of likely N-dealkylation sites (N-methyl/N-ethyl adjacent to an activating group) is 1. The van der Waals surface area contributed by atoms with E-state index in [2.05, 4.69) is 25.2 Å². The molecule has 6 nitrogen and oxygen atoms in total. The van der Waals surface area contributed by atoms with Gasteiger partial charge in [-0.2, -0.15) is 0 Å². The molecular formula is C25H31N3O3. The minimum Gasteiger partial charge on any atom is -0.340 e. The smallest absolute Gasteiger partial charge is 0.325 e. The molecule has 0 unspecified atom stereocenters. The van der Waals surface area contributed by atoms with Gasteiger partial charge in [-0.15, -0.1) is 0 Å². The van der Waals surface area contributed by atoms with Crippen LogP contribution in [0.25, 0.3) is 0 Å². The molecule has 2 aromatic rings. The van der Waals surface area contributed by atoms with Crippen molar-refractivity contribution < 1.29 is 14.4 Å². The van der Waals surface area contributed by atoms with Crippen LogP contribution in [0.4, 0.5) is 4.79 Å². The highest BCUT2D eigenvalue weighted by Gasteiger charge is 2.49. The number of hydrogen-bond donors (Lipinski definition) is 1. The van der Waals surface area contributed by atoms with Crippen LogP contribution in [-0.2, 0) is 21.7 Å². The zero-order valence-electron chi connectivity index (χ0n) is 19.2. The Morgan fingerprint density at radius 3 is 2.32 bits per heavy atom. The second kappa shape index (κ2) is 8.53. The first-order valence-electron chi connectivity index (χ1n) is 10.6. The lowest BCUT2D eigenvalue weighted by Crippen LogP contribution is -2.43. The molecule has 6 heteroatoms. The molecule has 1 heterocycles. The van der Waals surface area contributed by atoms with Gasteiger partial charge in [-0.3, -0.25) is 14.5 Å². The Kier molecular flexibility index (Phi) is 6.20. The maximum Gasteiger partial charge on any atom is 0.325 e. The second-order valence-electron chi connectivity index (χ2n) is 8.90. The molecule has 3 rings (SSSR count). The fraction of sp³-hybridized carbons (Fsp3) is 0.400. The number of amides is 4. The molecule has 1 saturated heterocycles. The van der Waals surface area contributed by atoms with Crippen molar-refractivity contribution in [3.05, 3.63) is 70.3 Å². The summed E-state index contributed by atoms with van der Waals surface area (Å²) in [6.07, 6.45) is 0. The van der Waals surface area contributed by atoms with E-state index in [1.54, 1.807) is 18.9 Å². The number of aryl methyl sites for hydroxylation is 2. The van der Waals surface area contributed by atoms with E-state index in [0.717, 1.165) is 27.2 Å². The fourth-order valence-electron chi connectivity index (χ4n) is 3.86. The predicted molar refractivity (Wildman–Crippen MR) is 121 cm³/mol. The van der Waals surface area contributed by atoms with Gasteiger partial charge < -0.3 is 10.2 Å². The number of carbonyl (C=O) groups excluding carboxylic acids is 3. The number of carbonyl (C=O) groups is 3. The van der Waals surface area contributed by atoms with Gasteiger partial charge in [-0.25, -0.2) is 4.79 Å². The molecule has 1 N–H and O–H groups in total. The molecule has 1 atom stereocenters. The minimum absolute atomic E-state index is 0.286. The van der Waals surface area contributed by atoms with Crippen LogP contribution >= 0.6 is 0 Å². The SMILES string of the molecule is Cc1ccc(CN(C)C(=O)CN2C(=O)N[C@](C)(c3ccc(C(C)C)cc3)C2=O)c(C)c1. The van der Waals surface area contributed by atoms with Crippen LogP contribution in [0, 0.1) is 13.8 Å². The Bertz CT molecular complexity index is 1010. The van der Waals surface area contributed by atoms with Crippen molar-refractivity contribution >= 4 is 17.8 Å². The summed E-state index contributed by atoms with van der Waals surface area (Å²) in [5, 5.41) is 2.77. The monoisotopic (exact) mass is 421 g/mol. The molecule has 164 valence electrons. The van der Waals surface area contributed by atoms with Gasteiger partial charge in [0.2, 0.25) is 5.91 Å². The Hall–Kier alpha value is -3.15. The van der Waals surface area contributed by atoms with Crippen LogP contribution in [0.1, 0.15) is 54.5 Å². The maximum atomic E-state index is 13.1. The molecule has 2 aromatic carbocycles. The summed E-state index contributed by atoms with van der Waals surface area (Å²) in [5.41, 5.74) is 3.98. The van der Waals surface area contributed by atoms with Gasteiger partial charge in [0.15, 0.2) is 0 Å². The lowest BCUT2D eigenvalue weighted by molar-refractivity contribution is -0.138. The first-order chi connectivity index (χ1) is 14.5. The van der Waals surface area contributed by atoms with Gasteiger partial charge in [-0.05, 0) is 48.9 Å². The molecule has 1 fully saturated rings. The summed E-state index contributed by atoms with van der Waals surface area (Å²) in [7, 11) is 1.68. The summed E-state index contributed by atoms with van der Waals surface area (Å²) in [6.45, 7) is 10.0. The summed E-state index contributed by atoms with van der Waals surface area (Å²) < 4.78 is 0. The number of nitrogens with one attached hydrogen (secondary N) is 1. The number of rotatable bonds is 6. The lowest BCUT2D eigenvalue weighted by atomic mass is 9.90. The van der Waals surface area contributed by atoms with E-state index in [1.807, 2.05) is 50.2 Å². The molecule has 0 radical (unpaired) electrons. The largest absolute Gasteiger partial charge is 0.340 e. The van der Waals surface area contributed by atoms with E-state index in [-0.39, 0.29) is 12.5 Å². The van der Waals surface area contributed by atoms with E-state index in [1.165, 1.54) is 0 Å². The van der Waals surface area contributed by atoms with Gasteiger partial charge in [0.25, 0.3) is 5.91 Å². The topological polar surface area (TPSA) is 69.7 Å².